The van der Waals surface area contributed by atoms with Crippen LogP contribution in [0.25, 0.3) is 0 Å². The van der Waals surface area contributed by atoms with Crippen molar-refractivity contribution in [3.8, 4) is 5.75 Å². The maximum atomic E-state index is 6.13. The summed E-state index contributed by atoms with van der Waals surface area (Å²) in [5.41, 5.74) is 2.72. The van der Waals surface area contributed by atoms with Crippen molar-refractivity contribution in [2.45, 2.75) is 64.0 Å². The van der Waals surface area contributed by atoms with Crippen molar-refractivity contribution in [1.82, 2.24) is 15.1 Å². The molecule has 1 fully saturated rings. The van der Waals surface area contributed by atoms with Gasteiger partial charge in [0.2, 0.25) is 0 Å². The Kier molecular flexibility index (Phi) is 6.51. The summed E-state index contributed by atoms with van der Waals surface area (Å²) in [6.07, 6.45) is 9.44. The van der Waals surface area contributed by atoms with E-state index in [4.69, 9.17) is 4.74 Å². The largest absolute Gasteiger partial charge is 0.490 e. The molecule has 1 aromatic heterocycles. The first-order chi connectivity index (χ1) is 12.3. The van der Waals surface area contributed by atoms with Gasteiger partial charge in [-0.3, -0.25) is 5.10 Å². The summed E-state index contributed by atoms with van der Waals surface area (Å²) in [6.45, 7) is 4.39. The molecule has 0 spiro atoms. The second-order valence-corrected chi connectivity index (χ2v) is 7.30. The number of hydrogen-bond donors (Lipinski definition) is 1. The van der Waals surface area contributed by atoms with Crippen LogP contribution in [0.5, 0.6) is 5.75 Å². The Labute approximate surface area is 151 Å². The maximum absolute atomic E-state index is 6.13. The molecule has 4 nitrogen and oxygen atoms in total. The molecule has 4 heteroatoms. The predicted molar refractivity (Wildman–Crippen MR) is 102 cm³/mol. The van der Waals surface area contributed by atoms with Gasteiger partial charge >= 0.3 is 0 Å². The van der Waals surface area contributed by atoms with Gasteiger partial charge in [-0.1, -0.05) is 31.5 Å². The lowest BCUT2D eigenvalue weighted by atomic mass is 9.84. The maximum Gasteiger partial charge on any atom is 0.119 e. The first-order valence-corrected chi connectivity index (χ1v) is 9.68. The molecule has 3 rings (SSSR count). The molecule has 0 bridgehead atoms. The molecule has 1 heterocycles. The highest BCUT2D eigenvalue weighted by Crippen LogP contribution is 2.35. The number of hydrogen-bond acceptors (Lipinski definition) is 3. The Balaban J connectivity index is 1.52. The third-order valence-electron chi connectivity index (χ3n) is 5.21. The van der Waals surface area contributed by atoms with E-state index in [0.29, 0.717) is 12.0 Å². The fraction of sp³-hybridized carbons (Fsp3) is 0.571. The van der Waals surface area contributed by atoms with Crippen LogP contribution < -0.4 is 4.74 Å². The van der Waals surface area contributed by atoms with Crippen molar-refractivity contribution in [1.29, 1.82) is 0 Å². The average Bonchev–Trinajstić information content (AvgIpc) is 3.09. The molecule has 0 amide bonds. The number of rotatable bonds is 8. The van der Waals surface area contributed by atoms with Gasteiger partial charge in [-0.05, 0) is 57.8 Å². The van der Waals surface area contributed by atoms with E-state index in [9.17, 15) is 0 Å². The molecule has 0 radical (unpaired) electrons. The Morgan fingerprint density at radius 2 is 1.92 bits per heavy atom. The third-order valence-corrected chi connectivity index (χ3v) is 5.21. The Hall–Kier alpha value is -1.81. The molecule has 0 atom stereocenters. The Bertz CT molecular complexity index is 617. The molecule has 1 N–H and O–H groups in total. The van der Waals surface area contributed by atoms with Crippen LogP contribution in [-0.2, 0) is 6.54 Å². The number of ether oxygens (including phenoxy) is 1. The van der Waals surface area contributed by atoms with Crippen molar-refractivity contribution < 1.29 is 4.74 Å². The summed E-state index contributed by atoms with van der Waals surface area (Å²) in [7, 11) is 2.21. The number of nitrogens with zero attached hydrogens (tertiary/aromatic N) is 2. The van der Waals surface area contributed by atoms with Gasteiger partial charge in [0.1, 0.15) is 5.75 Å². The standard InChI is InChI=1S/C21H31N3O/c1-3-4-14-24(2)16-18-15-22-23-21(18)17-10-12-20(13-11-17)25-19-8-6-5-7-9-19/h5-9,15,17,20H,3-4,10-14,16H2,1-2H3,(H,22,23). The molecule has 0 unspecified atom stereocenters. The highest BCUT2D eigenvalue weighted by molar-refractivity contribution is 5.23. The van der Waals surface area contributed by atoms with Gasteiger partial charge in [0.25, 0.3) is 0 Å². The highest BCUT2D eigenvalue weighted by Gasteiger charge is 2.26. The minimum absolute atomic E-state index is 0.345. The molecule has 136 valence electrons. The van der Waals surface area contributed by atoms with Crippen molar-refractivity contribution in [2.75, 3.05) is 13.6 Å². The first-order valence-electron chi connectivity index (χ1n) is 9.68. The molecule has 25 heavy (non-hydrogen) atoms. The minimum atomic E-state index is 0.345. The van der Waals surface area contributed by atoms with Gasteiger partial charge in [0.05, 0.1) is 12.3 Å². The zero-order valence-electron chi connectivity index (χ0n) is 15.6. The van der Waals surface area contributed by atoms with E-state index >= 15 is 0 Å². The second kappa shape index (κ2) is 9.04. The van der Waals surface area contributed by atoms with Crippen LogP contribution in [-0.4, -0.2) is 34.8 Å². The van der Waals surface area contributed by atoms with Crippen molar-refractivity contribution >= 4 is 0 Å². The molecule has 2 aromatic rings. The van der Waals surface area contributed by atoms with Crippen LogP contribution in [0.4, 0.5) is 0 Å². The van der Waals surface area contributed by atoms with E-state index in [-0.39, 0.29) is 0 Å². The fourth-order valence-corrected chi connectivity index (χ4v) is 3.76. The van der Waals surface area contributed by atoms with E-state index in [2.05, 4.69) is 29.1 Å². The summed E-state index contributed by atoms with van der Waals surface area (Å²) >= 11 is 0. The number of unbranched alkanes of at least 4 members (excludes halogenated alkanes) is 1. The number of para-hydroxylation sites is 1. The van der Waals surface area contributed by atoms with Gasteiger partial charge < -0.3 is 9.64 Å². The van der Waals surface area contributed by atoms with E-state index in [1.54, 1.807) is 0 Å². The summed E-state index contributed by atoms with van der Waals surface area (Å²) < 4.78 is 6.13. The average molecular weight is 341 g/mol. The smallest absolute Gasteiger partial charge is 0.119 e. The number of aromatic nitrogens is 2. The molecule has 1 saturated carbocycles. The topological polar surface area (TPSA) is 41.2 Å². The number of aromatic amines is 1. The molecule has 1 aromatic carbocycles. The normalized spacial score (nSPS) is 20.8. The zero-order chi connectivity index (χ0) is 17.5. The lowest BCUT2D eigenvalue weighted by Gasteiger charge is -2.29. The second-order valence-electron chi connectivity index (χ2n) is 7.30. The highest BCUT2D eigenvalue weighted by atomic mass is 16.5. The lowest BCUT2D eigenvalue weighted by molar-refractivity contribution is 0.145. The lowest BCUT2D eigenvalue weighted by Crippen LogP contribution is -2.25. The predicted octanol–water partition coefficient (Wildman–Crippen LogP) is 4.75. The fourth-order valence-electron chi connectivity index (χ4n) is 3.76. The zero-order valence-corrected chi connectivity index (χ0v) is 15.6. The first kappa shape index (κ1) is 18.0. The van der Waals surface area contributed by atoms with E-state index in [0.717, 1.165) is 31.7 Å². The van der Waals surface area contributed by atoms with Crippen LogP contribution in [0.2, 0.25) is 0 Å². The summed E-state index contributed by atoms with van der Waals surface area (Å²) in [5.74, 6) is 1.58. The van der Waals surface area contributed by atoms with E-state index in [1.807, 2.05) is 36.5 Å². The van der Waals surface area contributed by atoms with Crippen molar-refractivity contribution in [2.24, 2.45) is 0 Å². The molecule has 1 aliphatic carbocycles. The van der Waals surface area contributed by atoms with E-state index in [1.165, 1.54) is 36.9 Å². The molecule has 1 aliphatic rings. The van der Waals surface area contributed by atoms with Crippen LogP contribution in [0.3, 0.4) is 0 Å². The van der Waals surface area contributed by atoms with E-state index < -0.39 is 0 Å². The Morgan fingerprint density at radius 1 is 1.16 bits per heavy atom. The third kappa shape index (κ3) is 5.08. The van der Waals surface area contributed by atoms with Gasteiger partial charge in [0.15, 0.2) is 0 Å². The quantitative estimate of drug-likeness (QED) is 0.753. The molecular formula is C21H31N3O. The van der Waals surface area contributed by atoms with Crippen LogP contribution in [0.15, 0.2) is 36.5 Å². The Morgan fingerprint density at radius 3 is 2.64 bits per heavy atom. The van der Waals surface area contributed by atoms with Gasteiger partial charge in [-0.2, -0.15) is 5.10 Å². The summed E-state index contributed by atoms with van der Waals surface area (Å²) in [5, 5.41) is 7.62. The van der Waals surface area contributed by atoms with Crippen molar-refractivity contribution in [3.63, 3.8) is 0 Å². The number of benzene rings is 1. The molecule has 0 aliphatic heterocycles. The van der Waals surface area contributed by atoms with Crippen molar-refractivity contribution in [3.05, 3.63) is 47.8 Å². The van der Waals surface area contributed by atoms with Crippen LogP contribution >= 0.6 is 0 Å². The number of H-pyrrole nitrogens is 1. The van der Waals surface area contributed by atoms with Crippen LogP contribution in [0.1, 0.15) is 62.6 Å². The van der Waals surface area contributed by atoms with Gasteiger partial charge in [0, 0.05) is 23.7 Å². The summed E-state index contributed by atoms with van der Waals surface area (Å²) in [6, 6.07) is 10.2. The molecular weight excluding hydrogens is 310 g/mol. The van der Waals surface area contributed by atoms with Gasteiger partial charge in [-0.25, -0.2) is 0 Å². The minimum Gasteiger partial charge on any atom is -0.490 e. The SMILES string of the molecule is CCCCN(C)Cc1cn[nH]c1C1CCC(Oc2ccccc2)CC1. The molecule has 0 saturated heterocycles. The van der Waals surface area contributed by atoms with Gasteiger partial charge in [-0.15, -0.1) is 0 Å². The monoisotopic (exact) mass is 341 g/mol. The van der Waals surface area contributed by atoms with Crippen LogP contribution in [0, 0.1) is 0 Å². The summed E-state index contributed by atoms with van der Waals surface area (Å²) in [4.78, 5) is 2.40. The number of nitrogens with one attached hydrogen (secondary N) is 1.